The first-order valence-corrected chi connectivity index (χ1v) is 10.1. The molecule has 2 heterocycles. The van der Waals surface area contributed by atoms with Crippen molar-refractivity contribution in [2.45, 2.75) is 30.7 Å². The number of hydrogen-bond donors (Lipinski definition) is 2. The number of guanidine groups is 1. The van der Waals surface area contributed by atoms with E-state index >= 15 is 0 Å². The van der Waals surface area contributed by atoms with Gasteiger partial charge in [-0.3, -0.25) is 0 Å². The summed E-state index contributed by atoms with van der Waals surface area (Å²) in [6.45, 7) is 1.46. The first kappa shape index (κ1) is 18.3. The summed E-state index contributed by atoms with van der Waals surface area (Å²) in [6, 6.07) is 12.3. The number of nitrogens with one attached hydrogen (secondary N) is 1. The van der Waals surface area contributed by atoms with Crippen LogP contribution in [-0.4, -0.2) is 36.8 Å². The number of aromatic nitrogens is 1. The van der Waals surface area contributed by atoms with Gasteiger partial charge in [0.1, 0.15) is 5.82 Å². The summed E-state index contributed by atoms with van der Waals surface area (Å²) in [5, 5.41) is 2.90. The molecule has 1 aromatic carbocycles. The summed E-state index contributed by atoms with van der Waals surface area (Å²) in [7, 11) is -3.44. The minimum Gasteiger partial charge on any atom is -0.370 e. The number of sulfonamides is 1. The van der Waals surface area contributed by atoms with Crippen molar-refractivity contribution < 1.29 is 8.42 Å². The molecule has 3 N–H and O–H groups in total. The third kappa shape index (κ3) is 4.59. The Morgan fingerprint density at radius 2 is 1.96 bits per heavy atom. The van der Waals surface area contributed by atoms with Crippen molar-refractivity contribution in [1.82, 2.24) is 9.29 Å². The highest BCUT2D eigenvalue weighted by atomic mass is 32.2. The Bertz CT molecular complexity index is 862. The molecule has 0 spiro atoms. The van der Waals surface area contributed by atoms with Crippen LogP contribution in [0.4, 0.5) is 5.82 Å². The molecule has 1 aliphatic heterocycles. The van der Waals surface area contributed by atoms with Gasteiger partial charge in [0.15, 0.2) is 5.96 Å². The second kappa shape index (κ2) is 8.29. The molecular weight excluding hydrogens is 350 g/mol. The standard InChI is InChI=1S/C18H23N5O2S/c19-18(22-17-9-2-3-10-20-17)21-14-15-7-6-8-16(13-15)26(24,25)23-11-4-1-5-12-23/h2-3,6-10,13H,1,4-5,11-12,14H2,(H3,19,20,21,22). The Morgan fingerprint density at radius 3 is 2.69 bits per heavy atom. The van der Waals surface area contributed by atoms with E-state index in [0.29, 0.717) is 23.8 Å². The number of piperidine rings is 1. The average Bonchev–Trinajstić information content (AvgIpc) is 2.68. The first-order chi connectivity index (χ1) is 12.6. The molecular formula is C18H23N5O2S. The molecule has 0 radical (unpaired) electrons. The highest BCUT2D eigenvalue weighted by Crippen LogP contribution is 2.21. The van der Waals surface area contributed by atoms with E-state index in [1.165, 1.54) is 0 Å². The van der Waals surface area contributed by atoms with Crippen molar-refractivity contribution in [3.63, 3.8) is 0 Å². The Hall–Kier alpha value is -2.45. The summed E-state index contributed by atoms with van der Waals surface area (Å²) in [4.78, 5) is 8.68. The summed E-state index contributed by atoms with van der Waals surface area (Å²) < 4.78 is 27.1. The molecule has 0 amide bonds. The topological polar surface area (TPSA) is 101 Å². The lowest BCUT2D eigenvalue weighted by Gasteiger charge is -2.26. The lowest BCUT2D eigenvalue weighted by Crippen LogP contribution is -2.35. The fourth-order valence-electron chi connectivity index (χ4n) is 2.84. The van der Waals surface area contributed by atoms with E-state index in [0.717, 1.165) is 24.8 Å². The van der Waals surface area contributed by atoms with Gasteiger partial charge in [-0.25, -0.2) is 18.4 Å². The highest BCUT2D eigenvalue weighted by Gasteiger charge is 2.25. The van der Waals surface area contributed by atoms with E-state index in [1.807, 2.05) is 18.2 Å². The van der Waals surface area contributed by atoms with E-state index in [2.05, 4.69) is 15.3 Å². The molecule has 1 aromatic heterocycles. The maximum atomic E-state index is 12.8. The monoisotopic (exact) mass is 373 g/mol. The van der Waals surface area contributed by atoms with Crippen molar-refractivity contribution in [2.75, 3.05) is 18.4 Å². The molecule has 3 rings (SSSR count). The quantitative estimate of drug-likeness (QED) is 0.618. The van der Waals surface area contributed by atoms with Gasteiger partial charge in [0.2, 0.25) is 10.0 Å². The summed E-state index contributed by atoms with van der Waals surface area (Å²) in [5.41, 5.74) is 6.65. The maximum Gasteiger partial charge on any atom is 0.243 e. The van der Waals surface area contributed by atoms with Gasteiger partial charge in [-0.05, 0) is 42.7 Å². The lowest BCUT2D eigenvalue weighted by molar-refractivity contribution is 0.346. The van der Waals surface area contributed by atoms with Crippen molar-refractivity contribution in [1.29, 1.82) is 0 Å². The van der Waals surface area contributed by atoms with Crippen LogP contribution >= 0.6 is 0 Å². The summed E-state index contributed by atoms with van der Waals surface area (Å²) in [5.74, 6) is 0.836. The normalized spacial score (nSPS) is 16.4. The molecule has 1 aliphatic rings. The largest absolute Gasteiger partial charge is 0.370 e. The fraction of sp³-hybridized carbons (Fsp3) is 0.333. The third-order valence-corrected chi connectivity index (χ3v) is 6.10. The van der Waals surface area contributed by atoms with Crippen LogP contribution in [-0.2, 0) is 16.6 Å². The van der Waals surface area contributed by atoms with Gasteiger partial charge in [-0.2, -0.15) is 4.31 Å². The van der Waals surface area contributed by atoms with E-state index in [9.17, 15) is 8.42 Å². The Morgan fingerprint density at radius 1 is 1.15 bits per heavy atom. The number of nitrogens with two attached hydrogens (primary N) is 1. The number of nitrogens with zero attached hydrogens (tertiary/aromatic N) is 3. The Balaban J connectivity index is 1.70. The third-order valence-electron chi connectivity index (χ3n) is 4.20. The predicted octanol–water partition coefficient (Wildman–Crippen LogP) is 2.18. The maximum absolute atomic E-state index is 12.8. The van der Waals surface area contributed by atoms with E-state index in [4.69, 9.17) is 5.73 Å². The van der Waals surface area contributed by atoms with Crippen LogP contribution in [0.25, 0.3) is 0 Å². The molecule has 7 nitrogen and oxygen atoms in total. The number of hydrogen-bond acceptors (Lipinski definition) is 4. The minimum absolute atomic E-state index is 0.230. The van der Waals surface area contributed by atoms with Crippen molar-refractivity contribution >= 4 is 21.8 Å². The summed E-state index contributed by atoms with van der Waals surface area (Å²) >= 11 is 0. The van der Waals surface area contributed by atoms with Gasteiger partial charge in [0, 0.05) is 19.3 Å². The van der Waals surface area contributed by atoms with Crippen molar-refractivity contribution in [3.8, 4) is 0 Å². The molecule has 0 saturated carbocycles. The van der Waals surface area contributed by atoms with Gasteiger partial charge >= 0.3 is 0 Å². The van der Waals surface area contributed by atoms with Crippen molar-refractivity contribution in [3.05, 3.63) is 54.2 Å². The van der Waals surface area contributed by atoms with E-state index < -0.39 is 10.0 Å². The van der Waals surface area contributed by atoms with Crippen LogP contribution < -0.4 is 11.1 Å². The number of rotatable bonds is 5. The van der Waals surface area contributed by atoms with Crippen LogP contribution in [0.3, 0.4) is 0 Å². The van der Waals surface area contributed by atoms with Crippen LogP contribution in [0, 0.1) is 0 Å². The molecule has 0 atom stereocenters. The molecule has 2 aromatic rings. The Kier molecular flexibility index (Phi) is 5.85. The van der Waals surface area contributed by atoms with Gasteiger partial charge in [0.25, 0.3) is 0 Å². The van der Waals surface area contributed by atoms with Crippen LogP contribution in [0.2, 0.25) is 0 Å². The van der Waals surface area contributed by atoms with E-state index in [1.54, 1.807) is 34.8 Å². The number of pyridine rings is 1. The van der Waals surface area contributed by atoms with E-state index in [-0.39, 0.29) is 12.5 Å². The van der Waals surface area contributed by atoms with Gasteiger partial charge in [0.05, 0.1) is 11.4 Å². The second-order valence-corrected chi connectivity index (χ2v) is 8.09. The van der Waals surface area contributed by atoms with Crippen LogP contribution in [0.1, 0.15) is 24.8 Å². The molecule has 138 valence electrons. The van der Waals surface area contributed by atoms with Gasteiger partial charge < -0.3 is 11.1 Å². The zero-order valence-corrected chi connectivity index (χ0v) is 15.3. The van der Waals surface area contributed by atoms with Crippen LogP contribution in [0.15, 0.2) is 58.5 Å². The molecule has 0 aliphatic carbocycles. The van der Waals surface area contributed by atoms with Crippen LogP contribution in [0.5, 0.6) is 0 Å². The molecule has 26 heavy (non-hydrogen) atoms. The SMILES string of the molecule is NC(=NCc1cccc(S(=O)(=O)N2CCCCC2)c1)Nc1ccccn1. The first-order valence-electron chi connectivity index (χ1n) is 8.63. The molecule has 1 saturated heterocycles. The zero-order valence-electron chi connectivity index (χ0n) is 14.5. The lowest BCUT2D eigenvalue weighted by atomic mass is 10.2. The molecule has 1 fully saturated rings. The van der Waals surface area contributed by atoms with Crippen molar-refractivity contribution in [2.24, 2.45) is 10.7 Å². The number of aliphatic imine (C=N–C) groups is 1. The molecule has 0 bridgehead atoms. The molecule has 8 heteroatoms. The fourth-order valence-corrected chi connectivity index (χ4v) is 4.43. The predicted molar refractivity (Wildman–Crippen MR) is 102 cm³/mol. The average molecular weight is 373 g/mol. The Labute approximate surface area is 154 Å². The number of anilines is 1. The van der Waals surface area contributed by atoms with Gasteiger partial charge in [-0.15, -0.1) is 0 Å². The smallest absolute Gasteiger partial charge is 0.243 e. The number of benzene rings is 1. The molecule has 0 unspecified atom stereocenters. The highest BCUT2D eigenvalue weighted by molar-refractivity contribution is 7.89. The minimum atomic E-state index is -3.44. The second-order valence-electron chi connectivity index (χ2n) is 6.15. The zero-order chi connectivity index (χ0) is 18.4. The van der Waals surface area contributed by atoms with Gasteiger partial charge in [-0.1, -0.05) is 24.6 Å². The summed E-state index contributed by atoms with van der Waals surface area (Å²) in [6.07, 6.45) is 4.58.